The quantitative estimate of drug-likeness (QED) is 0.803. The predicted molar refractivity (Wildman–Crippen MR) is 76.0 cm³/mol. The van der Waals surface area contributed by atoms with E-state index in [4.69, 9.17) is 5.73 Å². The van der Waals surface area contributed by atoms with E-state index in [1.54, 1.807) is 4.90 Å². The van der Waals surface area contributed by atoms with Gasteiger partial charge in [-0.1, -0.05) is 20.8 Å². The van der Waals surface area contributed by atoms with Gasteiger partial charge in [0.25, 0.3) is 0 Å². The van der Waals surface area contributed by atoms with Crippen LogP contribution in [0.3, 0.4) is 0 Å². The molecule has 2 aliphatic rings. The fourth-order valence-corrected chi connectivity index (χ4v) is 3.78. The molecule has 1 aliphatic heterocycles. The minimum Gasteiger partial charge on any atom is -0.480 e. The highest BCUT2D eigenvalue weighted by Crippen LogP contribution is 2.45. The van der Waals surface area contributed by atoms with E-state index in [2.05, 4.69) is 20.8 Å². The van der Waals surface area contributed by atoms with E-state index in [0.29, 0.717) is 13.0 Å². The van der Waals surface area contributed by atoms with Crippen molar-refractivity contribution >= 4 is 11.9 Å². The summed E-state index contributed by atoms with van der Waals surface area (Å²) in [5.74, 6) is -0.721. The Balaban J connectivity index is 2.18. The molecule has 1 saturated heterocycles. The van der Waals surface area contributed by atoms with Gasteiger partial charge >= 0.3 is 5.97 Å². The molecule has 0 radical (unpaired) electrons. The van der Waals surface area contributed by atoms with Crippen LogP contribution in [0.1, 0.15) is 46.5 Å². The van der Waals surface area contributed by atoms with Gasteiger partial charge in [0.2, 0.25) is 5.91 Å². The second-order valence-electron chi connectivity index (χ2n) is 6.93. The van der Waals surface area contributed by atoms with E-state index >= 15 is 0 Å². The number of rotatable bonds is 2. The molecule has 3 N–H and O–H groups in total. The number of nitrogens with zero attached hydrogens (tertiary/aromatic N) is 1. The summed E-state index contributed by atoms with van der Waals surface area (Å²) in [5, 5.41) is 9.24. The first-order valence-electron chi connectivity index (χ1n) is 7.55. The molecule has 0 aromatic rings. The minimum absolute atomic E-state index is 0.0126. The van der Waals surface area contributed by atoms with Crippen molar-refractivity contribution in [1.29, 1.82) is 0 Å². The first-order valence-corrected chi connectivity index (χ1v) is 7.55. The third-order valence-corrected chi connectivity index (χ3v) is 5.62. The van der Waals surface area contributed by atoms with Gasteiger partial charge < -0.3 is 15.7 Å². The Labute approximate surface area is 120 Å². The average Bonchev–Trinajstić information content (AvgIpc) is 2.85. The maximum atomic E-state index is 12.8. The Kier molecular flexibility index (Phi) is 4.09. The number of hydrogen-bond donors (Lipinski definition) is 2. The van der Waals surface area contributed by atoms with Crippen molar-refractivity contribution in [3.63, 3.8) is 0 Å². The summed E-state index contributed by atoms with van der Waals surface area (Å²) >= 11 is 0. The van der Waals surface area contributed by atoms with Crippen LogP contribution < -0.4 is 5.73 Å². The molecule has 1 saturated carbocycles. The predicted octanol–water partition coefficient (Wildman–Crippen LogP) is 1.46. The first-order chi connectivity index (χ1) is 9.26. The van der Waals surface area contributed by atoms with Crippen LogP contribution >= 0.6 is 0 Å². The molecule has 114 valence electrons. The lowest BCUT2D eigenvalue weighted by Crippen LogP contribution is -2.54. The highest BCUT2D eigenvalue weighted by Gasteiger charge is 2.48. The van der Waals surface area contributed by atoms with Gasteiger partial charge in [0.05, 0.1) is 0 Å². The fourth-order valence-electron chi connectivity index (χ4n) is 3.78. The molecule has 1 amide bonds. The van der Waals surface area contributed by atoms with Crippen molar-refractivity contribution in [3.8, 4) is 0 Å². The maximum absolute atomic E-state index is 12.8. The summed E-state index contributed by atoms with van der Waals surface area (Å²) in [6, 6.07) is -0.507. The number of carboxylic acid groups (broad SMARTS) is 1. The Morgan fingerprint density at radius 1 is 1.25 bits per heavy atom. The van der Waals surface area contributed by atoms with Crippen LogP contribution in [0.5, 0.6) is 0 Å². The van der Waals surface area contributed by atoms with Crippen LogP contribution in [0.15, 0.2) is 0 Å². The lowest BCUT2D eigenvalue weighted by Gasteiger charge is -2.47. The van der Waals surface area contributed by atoms with Gasteiger partial charge in [0.1, 0.15) is 6.04 Å². The van der Waals surface area contributed by atoms with Crippen LogP contribution in [0.4, 0.5) is 0 Å². The van der Waals surface area contributed by atoms with E-state index in [1.807, 2.05) is 0 Å². The Hall–Kier alpha value is -1.10. The van der Waals surface area contributed by atoms with Crippen LogP contribution in [-0.2, 0) is 9.59 Å². The fraction of sp³-hybridized carbons (Fsp3) is 0.867. The summed E-state index contributed by atoms with van der Waals surface area (Å²) in [6.07, 6.45) is 2.96. The molecule has 3 unspecified atom stereocenters. The number of nitrogens with two attached hydrogens (primary N) is 1. The molecule has 1 heterocycles. The summed E-state index contributed by atoms with van der Waals surface area (Å²) < 4.78 is 0. The number of amides is 1. The number of carbonyl (C=O) groups is 2. The highest BCUT2D eigenvalue weighted by molar-refractivity contribution is 5.86. The van der Waals surface area contributed by atoms with E-state index in [-0.39, 0.29) is 29.2 Å². The number of carbonyl (C=O) groups excluding carboxylic acids is 1. The van der Waals surface area contributed by atoms with Gasteiger partial charge in [-0.05, 0) is 37.0 Å². The van der Waals surface area contributed by atoms with Crippen LogP contribution in [0, 0.1) is 17.3 Å². The van der Waals surface area contributed by atoms with Crippen LogP contribution in [0.25, 0.3) is 0 Å². The van der Waals surface area contributed by atoms with Crippen molar-refractivity contribution < 1.29 is 14.7 Å². The summed E-state index contributed by atoms with van der Waals surface area (Å²) in [6.45, 7) is 6.85. The van der Waals surface area contributed by atoms with Gasteiger partial charge in [-0.3, -0.25) is 4.79 Å². The molecule has 0 aromatic carbocycles. The number of aliphatic carboxylic acids is 1. The first kappa shape index (κ1) is 15.3. The Morgan fingerprint density at radius 3 is 2.50 bits per heavy atom. The molecular weight excluding hydrogens is 256 g/mol. The molecule has 5 heteroatoms. The number of carboxylic acids is 1. The molecule has 2 fully saturated rings. The highest BCUT2D eigenvalue weighted by atomic mass is 16.4. The van der Waals surface area contributed by atoms with Gasteiger partial charge in [0.15, 0.2) is 0 Å². The van der Waals surface area contributed by atoms with E-state index in [0.717, 1.165) is 19.3 Å². The summed E-state index contributed by atoms with van der Waals surface area (Å²) in [5.41, 5.74) is 5.95. The molecule has 5 nitrogen and oxygen atoms in total. The van der Waals surface area contributed by atoms with Gasteiger partial charge in [-0.15, -0.1) is 0 Å². The van der Waals surface area contributed by atoms with Crippen LogP contribution in [0.2, 0.25) is 0 Å². The van der Waals surface area contributed by atoms with E-state index < -0.39 is 12.0 Å². The molecule has 0 bridgehead atoms. The molecular formula is C15H26N2O3. The van der Waals surface area contributed by atoms with E-state index in [9.17, 15) is 14.7 Å². The van der Waals surface area contributed by atoms with Gasteiger partial charge in [-0.2, -0.15) is 0 Å². The lowest BCUT2D eigenvalue weighted by molar-refractivity contribution is -0.153. The molecule has 20 heavy (non-hydrogen) atoms. The molecule has 2 rings (SSSR count). The average molecular weight is 282 g/mol. The summed E-state index contributed by atoms with van der Waals surface area (Å²) in [4.78, 5) is 25.6. The largest absolute Gasteiger partial charge is 0.480 e. The van der Waals surface area contributed by atoms with Crippen molar-refractivity contribution in [2.24, 2.45) is 23.0 Å². The van der Waals surface area contributed by atoms with Crippen molar-refractivity contribution in [3.05, 3.63) is 0 Å². The second-order valence-corrected chi connectivity index (χ2v) is 6.93. The van der Waals surface area contributed by atoms with Gasteiger partial charge in [0, 0.05) is 18.5 Å². The van der Waals surface area contributed by atoms with Gasteiger partial charge in [-0.25, -0.2) is 4.79 Å². The van der Waals surface area contributed by atoms with Crippen molar-refractivity contribution in [1.82, 2.24) is 4.90 Å². The molecule has 4 atom stereocenters. The third kappa shape index (κ3) is 2.43. The molecule has 0 spiro atoms. The third-order valence-electron chi connectivity index (χ3n) is 5.62. The Morgan fingerprint density at radius 2 is 1.90 bits per heavy atom. The topological polar surface area (TPSA) is 83.6 Å². The standard InChI is InChI=1S/C15H26N2O3/c1-9-11(16)7-6-10(15(9,2)3)13(18)17-8-4-5-12(17)14(19)20/h9-12H,4-8,16H2,1-3H3,(H,19,20)/t9?,10?,11?,12-/m0/s1. The molecule has 0 aromatic heterocycles. The van der Waals surface area contributed by atoms with Crippen molar-refractivity contribution in [2.45, 2.75) is 58.5 Å². The maximum Gasteiger partial charge on any atom is 0.326 e. The number of likely N-dealkylation sites (tertiary alicyclic amines) is 1. The van der Waals surface area contributed by atoms with Crippen molar-refractivity contribution in [2.75, 3.05) is 6.54 Å². The van der Waals surface area contributed by atoms with E-state index in [1.165, 1.54) is 0 Å². The molecule has 1 aliphatic carbocycles. The SMILES string of the molecule is CC1C(N)CCC(C(=O)N2CCC[C@H]2C(=O)O)C1(C)C. The zero-order valence-corrected chi connectivity index (χ0v) is 12.6. The second kappa shape index (κ2) is 5.35. The number of hydrogen-bond acceptors (Lipinski definition) is 3. The smallest absolute Gasteiger partial charge is 0.326 e. The normalized spacial score (nSPS) is 36.9. The minimum atomic E-state index is -0.880. The zero-order valence-electron chi connectivity index (χ0n) is 12.6. The zero-order chi connectivity index (χ0) is 15.1. The summed E-state index contributed by atoms with van der Waals surface area (Å²) in [7, 11) is 0. The monoisotopic (exact) mass is 282 g/mol. The van der Waals surface area contributed by atoms with Crippen LogP contribution in [-0.4, -0.2) is 40.5 Å². The Bertz CT molecular complexity index is 408. The lowest BCUT2D eigenvalue weighted by atomic mass is 9.60.